The van der Waals surface area contributed by atoms with Gasteiger partial charge in [-0.3, -0.25) is 9.59 Å². The van der Waals surface area contributed by atoms with Crippen molar-refractivity contribution in [1.82, 2.24) is 4.98 Å². The number of carbonyl (C=O) groups excluding carboxylic acids is 1. The van der Waals surface area contributed by atoms with Gasteiger partial charge in [0.05, 0.1) is 11.3 Å². The van der Waals surface area contributed by atoms with Crippen molar-refractivity contribution >= 4 is 39.1 Å². The van der Waals surface area contributed by atoms with Gasteiger partial charge in [-0.05, 0) is 40.2 Å². The van der Waals surface area contributed by atoms with Crippen molar-refractivity contribution in [3.63, 3.8) is 0 Å². The standard InChI is InChI=1S/C12H8BrClN2O2/c13-9-5-8(14)2-3-10(9)16-12(18)7-1-4-11(17)15-6-7/h1-6H,(H,15,17)(H,16,18). The summed E-state index contributed by atoms with van der Waals surface area (Å²) < 4.78 is 0.688. The SMILES string of the molecule is O=C(Nc1ccc(Cl)cc1Br)c1ccc(=O)[nH]c1. The van der Waals surface area contributed by atoms with Gasteiger partial charge in [0.25, 0.3) is 5.91 Å². The molecule has 1 aromatic heterocycles. The van der Waals surface area contributed by atoms with Crippen LogP contribution in [0, 0.1) is 0 Å². The van der Waals surface area contributed by atoms with Crippen LogP contribution in [-0.4, -0.2) is 10.9 Å². The van der Waals surface area contributed by atoms with E-state index < -0.39 is 0 Å². The Labute approximate surface area is 116 Å². The molecule has 0 radical (unpaired) electrons. The molecule has 0 bridgehead atoms. The minimum atomic E-state index is -0.311. The zero-order valence-corrected chi connectivity index (χ0v) is 11.4. The monoisotopic (exact) mass is 326 g/mol. The second-order valence-electron chi connectivity index (χ2n) is 3.52. The number of aromatic amines is 1. The maximum Gasteiger partial charge on any atom is 0.257 e. The summed E-state index contributed by atoms with van der Waals surface area (Å²) in [7, 11) is 0. The van der Waals surface area contributed by atoms with Gasteiger partial charge in [0.15, 0.2) is 0 Å². The van der Waals surface area contributed by atoms with Crippen LogP contribution in [0.25, 0.3) is 0 Å². The highest BCUT2D eigenvalue weighted by atomic mass is 79.9. The number of amides is 1. The van der Waals surface area contributed by atoms with Crippen LogP contribution in [0.1, 0.15) is 10.4 Å². The summed E-state index contributed by atoms with van der Waals surface area (Å²) in [6.45, 7) is 0. The van der Waals surface area contributed by atoms with Gasteiger partial charge >= 0.3 is 0 Å². The first-order valence-corrected chi connectivity index (χ1v) is 6.18. The molecular weight excluding hydrogens is 320 g/mol. The van der Waals surface area contributed by atoms with Crippen LogP contribution >= 0.6 is 27.5 Å². The molecule has 0 saturated heterocycles. The Balaban J connectivity index is 2.21. The molecule has 92 valence electrons. The number of carbonyl (C=O) groups is 1. The summed E-state index contributed by atoms with van der Waals surface area (Å²) in [5.74, 6) is -0.311. The number of hydrogen-bond donors (Lipinski definition) is 2. The molecule has 4 nitrogen and oxygen atoms in total. The van der Waals surface area contributed by atoms with Crippen LogP contribution in [0.2, 0.25) is 5.02 Å². The number of H-pyrrole nitrogens is 1. The van der Waals surface area contributed by atoms with Crippen LogP contribution in [0.15, 0.2) is 45.8 Å². The first-order valence-electron chi connectivity index (χ1n) is 5.01. The molecule has 0 spiro atoms. The molecule has 1 aromatic carbocycles. The first-order chi connectivity index (χ1) is 8.56. The van der Waals surface area contributed by atoms with E-state index in [1.54, 1.807) is 18.2 Å². The summed E-state index contributed by atoms with van der Waals surface area (Å²) in [5, 5.41) is 3.28. The van der Waals surface area contributed by atoms with Crippen molar-refractivity contribution in [3.05, 3.63) is 61.9 Å². The van der Waals surface area contributed by atoms with Crippen LogP contribution in [0.4, 0.5) is 5.69 Å². The fraction of sp³-hybridized carbons (Fsp3) is 0. The Morgan fingerprint density at radius 1 is 1.28 bits per heavy atom. The minimum absolute atomic E-state index is 0.251. The Kier molecular flexibility index (Phi) is 3.84. The van der Waals surface area contributed by atoms with Gasteiger partial charge < -0.3 is 10.3 Å². The number of nitrogens with one attached hydrogen (secondary N) is 2. The van der Waals surface area contributed by atoms with E-state index in [0.717, 1.165) is 0 Å². The van der Waals surface area contributed by atoms with Gasteiger partial charge in [-0.2, -0.15) is 0 Å². The number of hydrogen-bond acceptors (Lipinski definition) is 2. The van der Waals surface area contributed by atoms with E-state index in [9.17, 15) is 9.59 Å². The van der Waals surface area contributed by atoms with E-state index in [-0.39, 0.29) is 11.5 Å². The summed E-state index contributed by atoms with van der Waals surface area (Å²) in [5.41, 5.74) is 0.728. The molecule has 0 aliphatic carbocycles. The fourth-order valence-corrected chi connectivity index (χ4v) is 2.12. The van der Waals surface area contributed by atoms with Gasteiger partial charge in [0.2, 0.25) is 5.56 Å². The van der Waals surface area contributed by atoms with E-state index in [4.69, 9.17) is 11.6 Å². The molecule has 18 heavy (non-hydrogen) atoms. The number of aromatic nitrogens is 1. The van der Waals surface area contributed by atoms with Crippen molar-refractivity contribution in [2.75, 3.05) is 5.32 Å². The van der Waals surface area contributed by atoms with Gasteiger partial charge in [0.1, 0.15) is 0 Å². The predicted octanol–water partition coefficient (Wildman–Crippen LogP) is 3.04. The third kappa shape index (κ3) is 3.00. The lowest BCUT2D eigenvalue weighted by Crippen LogP contribution is -2.14. The zero-order valence-electron chi connectivity index (χ0n) is 9.04. The van der Waals surface area contributed by atoms with E-state index in [1.807, 2.05) is 0 Å². The van der Waals surface area contributed by atoms with Crippen LogP contribution in [-0.2, 0) is 0 Å². The molecule has 0 saturated carbocycles. The Morgan fingerprint density at radius 3 is 2.67 bits per heavy atom. The van der Waals surface area contributed by atoms with Crippen molar-refractivity contribution < 1.29 is 4.79 Å². The maximum atomic E-state index is 11.9. The first kappa shape index (κ1) is 12.9. The second kappa shape index (κ2) is 5.37. The Hall–Kier alpha value is -1.59. The third-order valence-corrected chi connectivity index (χ3v) is 3.12. The lowest BCUT2D eigenvalue weighted by atomic mass is 10.2. The third-order valence-electron chi connectivity index (χ3n) is 2.23. The molecule has 0 aliphatic heterocycles. The lowest BCUT2D eigenvalue weighted by molar-refractivity contribution is 0.102. The molecule has 0 fully saturated rings. The van der Waals surface area contributed by atoms with Crippen molar-refractivity contribution in [3.8, 4) is 0 Å². The Bertz CT molecular complexity index is 634. The van der Waals surface area contributed by atoms with Crippen LogP contribution in [0.3, 0.4) is 0 Å². The van der Waals surface area contributed by atoms with E-state index >= 15 is 0 Å². The molecule has 1 heterocycles. The average molecular weight is 328 g/mol. The quantitative estimate of drug-likeness (QED) is 0.890. The largest absolute Gasteiger partial charge is 0.328 e. The van der Waals surface area contributed by atoms with E-state index in [1.165, 1.54) is 18.3 Å². The fourth-order valence-electron chi connectivity index (χ4n) is 1.34. The van der Waals surface area contributed by atoms with Gasteiger partial charge in [-0.15, -0.1) is 0 Å². The Morgan fingerprint density at radius 2 is 2.06 bits per heavy atom. The van der Waals surface area contributed by atoms with Gasteiger partial charge in [-0.25, -0.2) is 0 Å². The predicted molar refractivity (Wildman–Crippen MR) is 74.2 cm³/mol. The molecule has 2 rings (SSSR count). The summed E-state index contributed by atoms with van der Waals surface area (Å²) in [6, 6.07) is 7.80. The topological polar surface area (TPSA) is 62.0 Å². The average Bonchev–Trinajstić information content (AvgIpc) is 2.33. The number of halogens is 2. The smallest absolute Gasteiger partial charge is 0.257 e. The highest BCUT2D eigenvalue weighted by Crippen LogP contribution is 2.26. The molecule has 0 aliphatic rings. The second-order valence-corrected chi connectivity index (χ2v) is 4.81. The number of pyridine rings is 1. The number of anilines is 1. The van der Waals surface area contributed by atoms with Crippen molar-refractivity contribution in [1.29, 1.82) is 0 Å². The van der Waals surface area contributed by atoms with Gasteiger partial charge in [0, 0.05) is 21.8 Å². The molecule has 2 N–H and O–H groups in total. The zero-order chi connectivity index (χ0) is 13.1. The van der Waals surface area contributed by atoms with Crippen molar-refractivity contribution in [2.45, 2.75) is 0 Å². The normalized spacial score (nSPS) is 10.1. The van der Waals surface area contributed by atoms with E-state index in [0.29, 0.717) is 20.7 Å². The molecule has 1 amide bonds. The number of rotatable bonds is 2. The molecule has 6 heteroatoms. The molecule has 0 unspecified atom stereocenters. The van der Waals surface area contributed by atoms with Crippen LogP contribution in [0.5, 0.6) is 0 Å². The molecular formula is C12H8BrClN2O2. The molecule has 2 aromatic rings. The summed E-state index contributed by atoms with van der Waals surface area (Å²) >= 11 is 9.11. The highest BCUT2D eigenvalue weighted by Gasteiger charge is 2.08. The van der Waals surface area contributed by atoms with E-state index in [2.05, 4.69) is 26.2 Å². The lowest BCUT2D eigenvalue weighted by Gasteiger charge is -2.07. The van der Waals surface area contributed by atoms with Gasteiger partial charge in [-0.1, -0.05) is 11.6 Å². The minimum Gasteiger partial charge on any atom is -0.328 e. The number of benzene rings is 1. The van der Waals surface area contributed by atoms with Crippen LogP contribution < -0.4 is 10.9 Å². The molecule has 0 atom stereocenters. The van der Waals surface area contributed by atoms with Crippen molar-refractivity contribution in [2.24, 2.45) is 0 Å². The highest BCUT2D eigenvalue weighted by molar-refractivity contribution is 9.10. The maximum absolute atomic E-state index is 11.9. The summed E-state index contributed by atoms with van der Waals surface area (Å²) in [6.07, 6.45) is 1.36. The summed E-state index contributed by atoms with van der Waals surface area (Å²) in [4.78, 5) is 25.2.